The second-order valence-corrected chi connectivity index (χ2v) is 4.65. The van der Waals surface area contributed by atoms with Crippen LogP contribution < -0.4 is 10.6 Å². The van der Waals surface area contributed by atoms with Crippen molar-refractivity contribution in [3.63, 3.8) is 0 Å². The summed E-state index contributed by atoms with van der Waals surface area (Å²) < 4.78 is 0. The fourth-order valence-corrected chi connectivity index (χ4v) is 1.84. The highest BCUT2D eigenvalue weighted by Gasteiger charge is 2.25. The zero-order valence-corrected chi connectivity index (χ0v) is 11.7. The predicted molar refractivity (Wildman–Crippen MR) is 74.9 cm³/mol. The van der Waals surface area contributed by atoms with Gasteiger partial charge in [-0.1, -0.05) is 13.8 Å². The number of aryl methyl sites for hydroxylation is 1. The SMILES string of the molecule is CCC(CC)(CO)CNc1cc(NC)nc(C)n1. The van der Waals surface area contributed by atoms with Crippen LogP contribution in [0, 0.1) is 12.3 Å². The summed E-state index contributed by atoms with van der Waals surface area (Å²) in [4.78, 5) is 8.59. The molecule has 0 radical (unpaired) electrons. The second kappa shape index (κ2) is 6.54. The first-order valence-electron chi connectivity index (χ1n) is 6.47. The smallest absolute Gasteiger partial charge is 0.131 e. The van der Waals surface area contributed by atoms with E-state index < -0.39 is 0 Å². The second-order valence-electron chi connectivity index (χ2n) is 4.65. The molecule has 0 aliphatic rings. The Bertz CT molecular complexity index is 369. The number of aromatic nitrogens is 2. The lowest BCUT2D eigenvalue weighted by atomic mass is 9.83. The van der Waals surface area contributed by atoms with E-state index in [1.165, 1.54) is 0 Å². The van der Waals surface area contributed by atoms with Crippen LogP contribution in [0.15, 0.2) is 6.07 Å². The van der Waals surface area contributed by atoms with Gasteiger partial charge in [0.15, 0.2) is 0 Å². The van der Waals surface area contributed by atoms with Gasteiger partial charge in [0.2, 0.25) is 0 Å². The highest BCUT2D eigenvalue weighted by Crippen LogP contribution is 2.26. The van der Waals surface area contributed by atoms with Crippen LogP contribution >= 0.6 is 0 Å². The maximum atomic E-state index is 9.52. The molecule has 0 aromatic carbocycles. The number of aliphatic hydroxyl groups is 1. The van der Waals surface area contributed by atoms with E-state index in [1.807, 2.05) is 20.0 Å². The van der Waals surface area contributed by atoms with Crippen LogP contribution in [0.25, 0.3) is 0 Å². The van der Waals surface area contributed by atoms with Crippen LogP contribution in [0.1, 0.15) is 32.5 Å². The van der Waals surface area contributed by atoms with Gasteiger partial charge in [0.05, 0.1) is 6.61 Å². The number of aliphatic hydroxyl groups excluding tert-OH is 1. The lowest BCUT2D eigenvalue weighted by molar-refractivity contribution is 0.127. The normalized spacial score (nSPS) is 11.4. The fourth-order valence-electron chi connectivity index (χ4n) is 1.84. The molecule has 1 aromatic heterocycles. The summed E-state index contributed by atoms with van der Waals surface area (Å²) in [5.41, 5.74) is -0.0708. The third kappa shape index (κ3) is 3.57. The highest BCUT2D eigenvalue weighted by molar-refractivity contribution is 5.47. The summed E-state index contributed by atoms with van der Waals surface area (Å²) in [5, 5.41) is 15.8. The van der Waals surface area contributed by atoms with E-state index >= 15 is 0 Å². The summed E-state index contributed by atoms with van der Waals surface area (Å²) in [6.07, 6.45) is 1.88. The summed E-state index contributed by atoms with van der Waals surface area (Å²) in [7, 11) is 1.83. The number of nitrogens with zero attached hydrogens (tertiary/aromatic N) is 2. The molecule has 18 heavy (non-hydrogen) atoms. The molecule has 1 heterocycles. The van der Waals surface area contributed by atoms with Gasteiger partial charge in [0.1, 0.15) is 17.5 Å². The van der Waals surface area contributed by atoms with Crippen LogP contribution in [0.2, 0.25) is 0 Å². The Morgan fingerprint density at radius 2 is 1.83 bits per heavy atom. The van der Waals surface area contributed by atoms with Crippen molar-refractivity contribution in [2.45, 2.75) is 33.6 Å². The molecule has 0 saturated carbocycles. The number of nitrogens with one attached hydrogen (secondary N) is 2. The molecular formula is C13H24N4O. The number of hydrogen-bond acceptors (Lipinski definition) is 5. The Hall–Kier alpha value is -1.36. The molecule has 0 amide bonds. The lowest BCUT2D eigenvalue weighted by Gasteiger charge is -2.29. The first kappa shape index (κ1) is 14.7. The highest BCUT2D eigenvalue weighted by atomic mass is 16.3. The minimum absolute atomic E-state index is 0.0708. The van der Waals surface area contributed by atoms with E-state index in [1.54, 1.807) is 0 Å². The van der Waals surface area contributed by atoms with Gasteiger partial charge in [-0.25, -0.2) is 9.97 Å². The molecule has 0 aliphatic carbocycles. The molecule has 1 rings (SSSR count). The average molecular weight is 252 g/mol. The molecule has 0 atom stereocenters. The van der Waals surface area contributed by atoms with Crippen LogP contribution in [0.5, 0.6) is 0 Å². The molecule has 0 spiro atoms. The van der Waals surface area contributed by atoms with E-state index in [2.05, 4.69) is 34.4 Å². The van der Waals surface area contributed by atoms with Crippen LogP contribution in [0.4, 0.5) is 11.6 Å². The maximum absolute atomic E-state index is 9.52. The van der Waals surface area contributed by atoms with Crippen molar-refractivity contribution in [3.05, 3.63) is 11.9 Å². The van der Waals surface area contributed by atoms with E-state index in [0.29, 0.717) is 0 Å². The Morgan fingerprint density at radius 1 is 1.22 bits per heavy atom. The zero-order valence-electron chi connectivity index (χ0n) is 11.7. The topological polar surface area (TPSA) is 70.1 Å². The van der Waals surface area contributed by atoms with E-state index in [-0.39, 0.29) is 12.0 Å². The Labute approximate surface area is 109 Å². The van der Waals surface area contributed by atoms with Crippen molar-refractivity contribution in [2.75, 3.05) is 30.8 Å². The molecule has 5 nitrogen and oxygen atoms in total. The molecule has 102 valence electrons. The average Bonchev–Trinajstić information content (AvgIpc) is 2.40. The van der Waals surface area contributed by atoms with Gasteiger partial charge in [0, 0.05) is 25.1 Å². The monoisotopic (exact) mass is 252 g/mol. The largest absolute Gasteiger partial charge is 0.396 e. The Balaban J connectivity index is 2.76. The van der Waals surface area contributed by atoms with Gasteiger partial charge in [-0.3, -0.25) is 0 Å². The Morgan fingerprint density at radius 3 is 2.33 bits per heavy atom. The van der Waals surface area contributed by atoms with Crippen LogP contribution in [-0.4, -0.2) is 35.3 Å². The van der Waals surface area contributed by atoms with Gasteiger partial charge in [-0.2, -0.15) is 0 Å². The minimum atomic E-state index is -0.0708. The molecule has 0 aliphatic heterocycles. The third-order valence-electron chi connectivity index (χ3n) is 3.57. The zero-order chi connectivity index (χ0) is 13.6. The maximum Gasteiger partial charge on any atom is 0.131 e. The van der Waals surface area contributed by atoms with Crippen molar-refractivity contribution >= 4 is 11.6 Å². The lowest BCUT2D eigenvalue weighted by Crippen LogP contribution is -2.32. The molecular weight excluding hydrogens is 228 g/mol. The van der Waals surface area contributed by atoms with Gasteiger partial charge >= 0.3 is 0 Å². The number of rotatable bonds is 7. The quantitative estimate of drug-likeness (QED) is 0.692. The fraction of sp³-hybridized carbons (Fsp3) is 0.692. The van der Waals surface area contributed by atoms with Gasteiger partial charge in [-0.05, 0) is 19.8 Å². The standard InChI is InChI=1S/C13H24N4O/c1-5-13(6-2,9-18)8-15-12-7-11(14-4)16-10(3)17-12/h7,18H,5-6,8-9H2,1-4H3,(H2,14,15,16,17). The molecule has 5 heteroatoms. The molecule has 0 fully saturated rings. The molecule has 3 N–H and O–H groups in total. The first-order valence-corrected chi connectivity index (χ1v) is 6.47. The van der Waals surface area contributed by atoms with E-state index in [0.717, 1.165) is 36.8 Å². The van der Waals surface area contributed by atoms with Gasteiger partial charge < -0.3 is 15.7 Å². The van der Waals surface area contributed by atoms with Crippen LogP contribution in [-0.2, 0) is 0 Å². The molecule has 0 saturated heterocycles. The molecule has 0 bridgehead atoms. The van der Waals surface area contributed by atoms with Crippen molar-refractivity contribution in [1.29, 1.82) is 0 Å². The number of anilines is 2. The minimum Gasteiger partial charge on any atom is -0.396 e. The van der Waals surface area contributed by atoms with Crippen molar-refractivity contribution in [2.24, 2.45) is 5.41 Å². The summed E-state index contributed by atoms with van der Waals surface area (Å²) in [6.45, 7) is 6.98. The van der Waals surface area contributed by atoms with Crippen LogP contribution in [0.3, 0.4) is 0 Å². The van der Waals surface area contributed by atoms with Crippen molar-refractivity contribution in [1.82, 2.24) is 9.97 Å². The van der Waals surface area contributed by atoms with Crippen molar-refractivity contribution < 1.29 is 5.11 Å². The summed E-state index contributed by atoms with van der Waals surface area (Å²) >= 11 is 0. The summed E-state index contributed by atoms with van der Waals surface area (Å²) in [6, 6.07) is 1.88. The van der Waals surface area contributed by atoms with Gasteiger partial charge in [0.25, 0.3) is 0 Å². The van der Waals surface area contributed by atoms with Gasteiger partial charge in [-0.15, -0.1) is 0 Å². The first-order chi connectivity index (χ1) is 8.59. The van der Waals surface area contributed by atoms with Crippen molar-refractivity contribution in [3.8, 4) is 0 Å². The third-order valence-corrected chi connectivity index (χ3v) is 3.57. The predicted octanol–water partition coefficient (Wildman–Crippen LogP) is 2.04. The Kier molecular flexibility index (Phi) is 5.34. The molecule has 0 unspecified atom stereocenters. The molecule has 1 aromatic rings. The summed E-state index contributed by atoms with van der Waals surface area (Å²) in [5.74, 6) is 2.33. The van der Waals surface area contributed by atoms with E-state index in [9.17, 15) is 5.11 Å². The number of hydrogen-bond donors (Lipinski definition) is 3. The van der Waals surface area contributed by atoms with E-state index in [4.69, 9.17) is 0 Å².